The van der Waals surface area contributed by atoms with Crippen LogP contribution in [0.2, 0.25) is 5.15 Å². The van der Waals surface area contributed by atoms with Gasteiger partial charge in [0.25, 0.3) is 0 Å². The topological polar surface area (TPSA) is 68.0 Å². The number of aromatic nitrogens is 1. The maximum Gasteiger partial charge on any atom is 0.228 e. The van der Waals surface area contributed by atoms with Gasteiger partial charge in [-0.25, -0.2) is 4.98 Å². The van der Waals surface area contributed by atoms with E-state index in [1.807, 2.05) is 0 Å². The smallest absolute Gasteiger partial charge is 0.228 e. The quantitative estimate of drug-likeness (QED) is 0.827. The fourth-order valence-corrected chi connectivity index (χ4v) is 2.53. The van der Waals surface area contributed by atoms with E-state index in [1.165, 1.54) is 0 Å². The number of hydrogen-bond donors (Lipinski definition) is 2. The van der Waals surface area contributed by atoms with Gasteiger partial charge in [0.05, 0.1) is 0 Å². The predicted octanol–water partition coefficient (Wildman–Crippen LogP) is 2.44. The average Bonchev–Trinajstić information content (AvgIpc) is 2.39. The van der Waals surface area contributed by atoms with E-state index in [4.69, 9.17) is 17.3 Å². The van der Waals surface area contributed by atoms with Gasteiger partial charge in [0.2, 0.25) is 5.91 Å². The van der Waals surface area contributed by atoms with E-state index in [-0.39, 0.29) is 11.8 Å². The third-order valence-corrected chi connectivity index (χ3v) is 3.73. The first-order valence-corrected chi connectivity index (χ1v) is 6.70. The first-order valence-electron chi connectivity index (χ1n) is 6.32. The summed E-state index contributed by atoms with van der Waals surface area (Å²) in [5.41, 5.74) is 5.64. The van der Waals surface area contributed by atoms with E-state index in [9.17, 15) is 4.79 Å². The monoisotopic (exact) mass is 267 g/mol. The number of hydrogen-bond acceptors (Lipinski definition) is 3. The van der Waals surface area contributed by atoms with Gasteiger partial charge in [-0.15, -0.1) is 0 Å². The molecule has 1 amide bonds. The molecule has 1 aliphatic carbocycles. The maximum atomic E-state index is 12.0. The van der Waals surface area contributed by atoms with E-state index in [0.717, 1.165) is 32.2 Å². The van der Waals surface area contributed by atoms with Crippen LogP contribution in [0.25, 0.3) is 0 Å². The molecule has 2 rings (SSSR count). The molecular weight excluding hydrogens is 250 g/mol. The highest BCUT2D eigenvalue weighted by Gasteiger charge is 2.25. The summed E-state index contributed by atoms with van der Waals surface area (Å²) < 4.78 is 0. The summed E-state index contributed by atoms with van der Waals surface area (Å²) in [4.78, 5) is 16.1. The molecule has 98 valence electrons. The minimum absolute atomic E-state index is 0.0419. The molecular formula is C13H18ClN3O. The normalized spacial score (nSPS) is 23.7. The summed E-state index contributed by atoms with van der Waals surface area (Å²) in [6, 6.07) is 5.20. The van der Waals surface area contributed by atoms with Gasteiger partial charge in [0, 0.05) is 5.92 Å². The van der Waals surface area contributed by atoms with E-state index < -0.39 is 0 Å². The zero-order chi connectivity index (χ0) is 13.0. The van der Waals surface area contributed by atoms with Crippen LogP contribution < -0.4 is 11.1 Å². The third kappa shape index (κ3) is 3.43. The summed E-state index contributed by atoms with van der Waals surface area (Å²) in [5, 5.41) is 3.21. The number of anilines is 1. The van der Waals surface area contributed by atoms with E-state index in [2.05, 4.69) is 10.3 Å². The second-order valence-electron chi connectivity index (χ2n) is 4.79. The summed E-state index contributed by atoms with van der Waals surface area (Å²) in [7, 11) is 0. The van der Waals surface area contributed by atoms with Crippen LogP contribution in [0.3, 0.4) is 0 Å². The molecule has 0 atom stereocenters. The van der Waals surface area contributed by atoms with Crippen molar-refractivity contribution in [2.24, 2.45) is 17.6 Å². The van der Waals surface area contributed by atoms with Gasteiger partial charge >= 0.3 is 0 Å². The highest BCUT2D eigenvalue weighted by molar-refractivity contribution is 6.29. The van der Waals surface area contributed by atoms with Gasteiger partial charge in [-0.05, 0) is 50.3 Å². The van der Waals surface area contributed by atoms with Crippen molar-refractivity contribution >= 4 is 23.3 Å². The van der Waals surface area contributed by atoms with Crippen LogP contribution in [0.1, 0.15) is 25.7 Å². The lowest BCUT2D eigenvalue weighted by atomic mass is 9.81. The summed E-state index contributed by atoms with van der Waals surface area (Å²) in [5.74, 6) is 1.22. The minimum atomic E-state index is 0.0419. The van der Waals surface area contributed by atoms with Crippen LogP contribution in [0.15, 0.2) is 18.2 Å². The van der Waals surface area contributed by atoms with Gasteiger partial charge < -0.3 is 11.1 Å². The fourth-order valence-electron chi connectivity index (χ4n) is 2.37. The van der Waals surface area contributed by atoms with Crippen molar-refractivity contribution < 1.29 is 4.79 Å². The van der Waals surface area contributed by atoms with E-state index in [1.54, 1.807) is 18.2 Å². The number of nitrogens with one attached hydrogen (secondary N) is 1. The largest absolute Gasteiger partial charge is 0.330 e. The molecule has 0 unspecified atom stereocenters. The molecule has 0 aliphatic heterocycles. The number of carbonyl (C=O) groups is 1. The fraction of sp³-hybridized carbons (Fsp3) is 0.538. The lowest BCUT2D eigenvalue weighted by Gasteiger charge is -2.26. The van der Waals surface area contributed by atoms with Crippen molar-refractivity contribution in [1.82, 2.24) is 4.98 Å². The van der Waals surface area contributed by atoms with Gasteiger partial charge in [-0.3, -0.25) is 4.79 Å². The summed E-state index contributed by atoms with van der Waals surface area (Å²) >= 11 is 5.78. The third-order valence-electron chi connectivity index (χ3n) is 3.52. The SMILES string of the molecule is NCC1CCC(C(=O)Nc2cccc(Cl)n2)CC1. The Labute approximate surface area is 112 Å². The Hall–Kier alpha value is -1.13. The molecule has 1 aromatic heterocycles. The Morgan fingerprint density at radius 3 is 2.72 bits per heavy atom. The highest BCUT2D eigenvalue weighted by Crippen LogP contribution is 2.28. The molecule has 1 heterocycles. The van der Waals surface area contributed by atoms with Crippen molar-refractivity contribution in [2.75, 3.05) is 11.9 Å². The number of carbonyl (C=O) groups excluding carboxylic acids is 1. The van der Waals surface area contributed by atoms with Crippen LogP contribution in [-0.2, 0) is 4.79 Å². The van der Waals surface area contributed by atoms with Crippen LogP contribution in [0.5, 0.6) is 0 Å². The molecule has 0 radical (unpaired) electrons. The molecule has 1 aromatic rings. The number of halogens is 1. The molecule has 1 saturated carbocycles. The van der Waals surface area contributed by atoms with Gasteiger partial charge in [-0.2, -0.15) is 0 Å². The second kappa shape index (κ2) is 6.16. The van der Waals surface area contributed by atoms with Crippen molar-refractivity contribution in [3.8, 4) is 0 Å². The first-order chi connectivity index (χ1) is 8.69. The molecule has 18 heavy (non-hydrogen) atoms. The van der Waals surface area contributed by atoms with Crippen molar-refractivity contribution in [2.45, 2.75) is 25.7 Å². The molecule has 0 saturated heterocycles. The lowest BCUT2D eigenvalue weighted by Crippen LogP contribution is -2.29. The number of nitrogens with two attached hydrogens (primary N) is 1. The van der Waals surface area contributed by atoms with Gasteiger partial charge in [0.15, 0.2) is 0 Å². The van der Waals surface area contributed by atoms with Crippen molar-refractivity contribution in [3.05, 3.63) is 23.4 Å². The minimum Gasteiger partial charge on any atom is -0.330 e. The lowest BCUT2D eigenvalue weighted by molar-refractivity contribution is -0.121. The molecule has 1 fully saturated rings. The van der Waals surface area contributed by atoms with Gasteiger partial charge in [0.1, 0.15) is 11.0 Å². The highest BCUT2D eigenvalue weighted by atomic mass is 35.5. The maximum absolute atomic E-state index is 12.0. The second-order valence-corrected chi connectivity index (χ2v) is 5.18. The van der Waals surface area contributed by atoms with Crippen molar-refractivity contribution in [3.63, 3.8) is 0 Å². The Morgan fingerprint density at radius 2 is 2.11 bits per heavy atom. The average molecular weight is 268 g/mol. The predicted molar refractivity (Wildman–Crippen MR) is 72.4 cm³/mol. The van der Waals surface area contributed by atoms with Crippen LogP contribution >= 0.6 is 11.6 Å². The Balaban J connectivity index is 1.89. The molecule has 0 aromatic carbocycles. The summed E-state index contributed by atoms with van der Waals surface area (Å²) in [6.45, 7) is 0.726. The zero-order valence-electron chi connectivity index (χ0n) is 10.2. The van der Waals surface area contributed by atoms with Crippen molar-refractivity contribution in [1.29, 1.82) is 0 Å². The Morgan fingerprint density at radius 1 is 1.39 bits per heavy atom. The number of pyridine rings is 1. The molecule has 0 bridgehead atoms. The number of amides is 1. The Bertz CT molecular complexity index is 416. The van der Waals surface area contributed by atoms with E-state index >= 15 is 0 Å². The Kier molecular flexibility index (Phi) is 4.55. The first kappa shape index (κ1) is 13.3. The molecule has 1 aliphatic rings. The van der Waals surface area contributed by atoms with Crippen LogP contribution in [0, 0.1) is 11.8 Å². The van der Waals surface area contributed by atoms with Crippen LogP contribution in [0.4, 0.5) is 5.82 Å². The van der Waals surface area contributed by atoms with Crippen LogP contribution in [-0.4, -0.2) is 17.4 Å². The molecule has 5 heteroatoms. The summed E-state index contributed by atoms with van der Waals surface area (Å²) in [6.07, 6.45) is 3.90. The molecule has 4 nitrogen and oxygen atoms in total. The molecule has 3 N–H and O–H groups in total. The van der Waals surface area contributed by atoms with Gasteiger partial charge in [-0.1, -0.05) is 17.7 Å². The number of nitrogens with zero attached hydrogens (tertiary/aromatic N) is 1. The number of rotatable bonds is 3. The van der Waals surface area contributed by atoms with E-state index in [0.29, 0.717) is 16.9 Å². The zero-order valence-corrected chi connectivity index (χ0v) is 11.0. The molecule has 0 spiro atoms. The standard InChI is InChI=1S/C13H18ClN3O/c14-11-2-1-3-12(16-11)17-13(18)10-6-4-9(8-15)5-7-10/h1-3,9-10H,4-8,15H2,(H,16,17,18).